The van der Waals surface area contributed by atoms with Crippen molar-refractivity contribution in [1.82, 2.24) is 15.2 Å². The van der Waals surface area contributed by atoms with Crippen molar-refractivity contribution < 1.29 is 4.79 Å². The summed E-state index contributed by atoms with van der Waals surface area (Å²) in [5.41, 5.74) is 2.87. The van der Waals surface area contributed by atoms with Crippen molar-refractivity contribution in [2.24, 2.45) is 4.99 Å². The fraction of sp³-hybridized carbons (Fsp3) is 0.389. The van der Waals surface area contributed by atoms with E-state index >= 15 is 0 Å². The maximum absolute atomic E-state index is 12.2. The number of carbonyl (C=O) groups is 1. The molecule has 0 bridgehead atoms. The number of hydrogen-bond donors (Lipinski definition) is 2. The molecule has 0 saturated heterocycles. The summed E-state index contributed by atoms with van der Waals surface area (Å²) in [6.45, 7) is 5.14. The molecule has 1 amide bonds. The standard InChI is InChI=1S/C18H24BrN5OS.HI/c1-12-5-6-14(19)9-16(12)23-17(25)7-8-21-18(20-3)24(4)10-15-11-26-13(2)22-15;/h5-6,9,11H,7-8,10H2,1-4H3,(H,20,21)(H,23,25);1H. The molecule has 2 rings (SSSR count). The number of nitrogens with one attached hydrogen (secondary N) is 2. The van der Waals surface area contributed by atoms with Crippen LogP contribution in [0.2, 0.25) is 0 Å². The Morgan fingerprint density at radius 3 is 2.74 bits per heavy atom. The van der Waals surface area contributed by atoms with Gasteiger partial charge in [0.2, 0.25) is 5.91 Å². The zero-order valence-electron chi connectivity index (χ0n) is 15.9. The molecule has 148 valence electrons. The van der Waals surface area contributed by atoms with E-state index in [-0.39, 0.29) is 29.9 Å². The second-order valence-electron chi connectivity index (χ2n) is 5.95. The van der Waals surface area contributed by atoms with Gasteiger partial charge in [-0.1, -0.05) is 22.0 Å². The Morgan fingerprint density at radius 1 is 1.37 bits per heavy atom. The minimum atomic E-state index is -0.0352. The summed E-state index contributed by atoms with van der Waals surface area (Å²) in [5.74, 6) is 0.703. The summed E-state index contributed by atoms with van der Waals surface area (Å²) in [6.07, 6.45) is 0.356. The van der Waals surface area contributed by atoms with Crippen LogP contribution in [0.1, 0.15) is 22.7 Å². The number of anilines is 1. The SMILES string of the molecule is CN=C(NCCC(=O)Nc1cc(Br)ccc1C)N(C)Cc1csc(C)n1.I. The van der Waals surface area contributed by atoms with Gasteiger partial charge in [-0.15, -0.1) is 35.3 Å². The number of nitrogens with zero attached hydrogens (tertiary/aromatic N) is 3. The predicted octanol–water partition coefficient (Wildman–Crippen LogP) is 4.18. The second kappa shape index (κ2) is 11.6. The Bertz CT molecular complexity index is 796. The van der Waals surface area contributed by atoms with Crippen LogP contribution in [0, 0.1) is 13.8 Å². The highest BCUT2D eigenvalue weighted by Gasteiger charge is 2.10. The average Bonchev–Trinajstić information content (AvgIpc) is 2.99. The number of thiazole rings is 1. The van der Waals surface area contributed by atoms with E-state index in [4.69, 9.17) is 0 Å². The molecule has 2 N–H and O–H groups in total. The normalized spacial score (nSPS) is 10.9. The molecule has 0 fully saturated rings. The Morgan fingerprint density at radius 2 is 2.11 bits per heavy atom. The maximum atomic E-state index is 12.2. The number of aromatic nitrogens is 1. The molecule has 0 aliphatic rings. The molecule has 1 aromatic carbocycles. The van der Waals surface area contributed by atoms with Crippen LogP contribution in [0.3, 0.4) is 0 Å². The third kappa shape index (κ3) is 7.74. The van der Waals surface area contributed by atoms with E-state index in [1.807, 2.05) is 49.4 Å². The number of aryl methyl sites for hydroxylation is 2. The lowest BCUT2D eigenvalue weighted by Gasteiger charge is -2.21. The molecule has 6 nitrogen and oxygen atoms in total. The average molecular weight is 566 g/mol. The highest BCUT2D eigenvalue weighted by molar-refractivity contribution is 14.0. The number of rotatable bonds is 6. The number of halogens is 2. The summed E-state index contributed by atoms with van der Waals surface area (Å²) in [6, 6.07) is 5.83. The van der Waals surface area contributed by atoms with Gasteiger partial charge in [0, 0.05) is 42.6 Å². The lowest BCUT2D eigenvalue weighted by Crippen LogP contribution is -2.39. The van der Waals surface area contributed by atoms with E-state index in [2.05, 4.69) is 36.5 Å². The molecule has 0 aliphatic heterocycles. The Balaban J connectivity index is 0.00000364. The Kier molecular flexibility index (Phi) is 10.2. The predicted molar refractivity (Wildman–Crippen MR) is 127 cm³/mol. The van der Waals surface area contributed by atoms with Gasteiger partial charge in [0.1, 0.15) is 0 Å². The highest BCUT2D eigenvalue weighted by atomic mass is 127. The largest absolute Gasteiger partial charge is 0.356 e. The van der Waals surface area contributed by atoms with E-state index < -0.39 is 0 Å². The number of carbonyl (C=O) groups excluding carboxylic acids is 1. The van der Waals surface area contributed by atoms with Gasteiger partial charge in [0.15, 0.2) is 5.96 Å². The highest BCUT2D eigenvalue weighted by Crippen LogP contribution is 2.20. The maximum Gasteiger partial charge on any atom is 0.226 e. The van der Waals surface area contributed by atoms with Crippen LogP contribution < -0.4 is 10.6 Å². The van der Waals surface area contributed by atoms with E-state index in [1.165, 1.54) is 0 Å². The fourth-order valence-electron chi connectivity index (χ4n) is 2.41. The summed E-state index contributed by atoms with van der Waals surface area (Å²) in [7, 11) is 3.69. The van der Waals surface area contributed by atoms with Crippen molar-refractivity contribution in [2.45, 2.75) is 26.8 Å². The minimum absolute atomic E-state index is 0. The molecular formula is C18H25BrIN5OS. The van der Waals surface area contributed by atoms with Crippen LogP contribution in [0.4, 0.5) is 5.69 Å². The van der Waals surface area contributed by atoms with Crippen molar-refractivity contribution in [1.29, 1.82) is 0 Å². The summed E-state index contributed by atoms with van der Waals surface area (Å²) < 4.78 is 0.941. The third-order valence-electron chi connectivity index (χ3n) is 3.75. The van der Waals surface area contributed by atoms with Gasteiger partial charge in [0.25, 0.3) is 0 Å². The topological polar surface area (TPSA) is 69.6 Å². The number of guanidine groups is 1. The van der Waals surface area contributed by atoms with Crippen LogP contribution >= 0.6 is 51.2 Å². The first-order valence-electron chi connectivity index (χ1n) is 8.28. The van der Waals surface area contributed by atoms with E-state index in [9.17, 15) is 4.79 Å². The van der Waals surface area contributed by atoms with Crippen molar-refractivity contribution >= 4 is 68.8 Å². The lowest BCUT2D eigenvalue weighted by molar-refractivity contribution is -0.116. The summed E-state index contributed by atoms with van der Waals surface area (Å²) >= 11 is 5.06. The quantitative estimate of drug-likeness (QED) is 0.313. The second-order valence-corrected chi connectivity index (χ2v) is 7.92. The molecule has 0 spiro atoms. The van der Waals surface area contributed by atoms with Gasteiger partial charge in [-0.25, -0.2) is 4.98 Å². The zero-order chi connectivity index (χ0) is 19.1. The zero-order valence-corrected chi connectivity index (χ0v) is 20.6. The molecule has 2 aromatic rings. The first-order valence-corrected chi connectivity index (χ1v) is 9.95. The molecule has 1 aromatic heterocycles. The first kappa shape index (κ1) is 23.8. The van der Waals surface area contributed by atoms with E-state index in [0.29, 0.717) is 19.5 Å². The van der Waals surface area contributed by atoms with Gasteiger partial charge < -0.3 is 15.5 Å². The minimum Gasteiger partial charge on any atom is -0.356 e. The molecular weight excluding hydrogens is 541 g/mol. The third-order valence-corrected chi connectivity index (χ3v) is 5.06. The van der Waals surface area contributed by atoms with Gasteiger partial charge in [-0.05, 0) is 31.5 Å². The van der Waals surface area contributed by atoms with E-state index in [0.717, 1.165) is 32.4 Å². The van der Waals surface area contributed by atoms with Crippen LogP contribution in [0.5, 0.6) is 0 Å². The number of hydrogen-bond acceptors (Lipinski definition) is 4. The first-order chi connectivity index (χ1) is 12.4. The smallest absolute Gasteiger partial charge is 0.226 e. The lowest BCUT2D eigenvalue weighted by atomic mass is 10.2. The number of amides is 1. The monoisotopic (exact) mass is 565 g/mol. The molecule has 0 unspecified atom stereocenters. The van der Waals surface area contributed by atoms with Gasteiger partial charge in [-0.3, -0.25) is 9.79 Å². The fourth-order valence-corrected chi connectivity index (χ4v) is 3.38. The summed E-state index contributed by atoms with van der Waals surface area (Å²) in [5, 5.41) is 9.26. The van der Waals surface area contributed by atoms with Gasteiger partial charge in [-0.2, -0.15) is 0 Å². The number of aliphatic imine (C=N–C) groups is 1. The van der Waals surface area contributed by atoms with Gasteiger partial charge >= 0.3 is 0 Å². The summed E-state index contributed by atoms with van der Waals surface area (Å²) in [4.78, 5) is 22.9. The van der Waals surface area contributed by atoms with Crippen molar-refractivity contribution in [3.8, 4) is 0 Å². The Labute approximate surface area is 190 Å². The molecule has 0 radical (unpaired) electrons. The molecule has 1 heterocycles. The van der Waals surface area contributed by atoms with E-state index in [1.54, 1.807) is 18.4 Å². The van der Waals surface area contributed by atoms with Crippen LogP contribution in [0.25, 0.3) is 0 Å². The van der Waals surface area contributed by atoms with Crippen molar-refractivity contribution in [3.05, 3.63) is 44.3 Å². The van der Waals surface area contributed by atoms with Crippen LogP contribution in [-0.2, 0) is 11.3 Å². The van der Waals surface area contributed by atoms with Crippen LogP contribution in [0.15, 0.2) is 33.0 Å². The van der Waals surface area contributed by atoms with Gasteiger partial charge in [0.05, 0.1) is 17.2 Å². The molecule has 27 heavy (non-hydrogen) atoms. The molecule has 0 atom stereocenters. The molecule has 0 saturated carbocycles. The van der Waals surface area contributed by atoms with Crippen LogP contribution in [-0.4, -0.2) is 42.4 Å². The number of benzene rings is 1. The van der Waals surface area contributed by atoms with Crippen molar-refractivity contribution in [3.63, 3.8) is 0 Å². The Hall–Kier alpha value is -1.20. The molecule has 9 heteroatoms. The molecule has 0 aliphatic carbocycles. The van der Waals surface area contributed by atoms with Crippen molar-refractivity contribution in [2.75, 3.05) is 26.0 Å².